The molecule has 0 unspecified atom stereocenters. The van der Waals surface area contributed by atoms with Crippen LogP contribution in [0.5, 0.6) is 0 Å². The Kier molecular flexibility index (Phi) is 5.95. The van der Waals surface area contributed by atoms with Crippen molar-refractivity contribution >= 4 is 29.4 Å². The van der Waals surface area contributed by atoms with Crippen molar-refractivity contribution in [3.8, 4) is 11.4 Å². The Morgan fingerprint density at radius 3 is 2.67 bits per heavy atom. The number of nitrogens with zero attached hydrogens (tertiary/aromatic N) is 3. The molecule has 3 rings (SSSR count). The molecule has 0 spiro atoms. The molecule has 1 aromatic carbocycles. The zero-order valence-electron chi connectivity index (χ0n) is 14.0. The molecule has 0 fully saturated rings. The Balaban J connectivity index is 1.42. The quantitative estimate of drug-likeness (QED) is 0.531. The zero-order valence-corrected chi connectivity index (χ0v) is 14.7. The number of hydrazine groups is 1. The van der Waals surface area contributed by atoms with Crippen LogP contribution in [0.25, 0.3) is 11.4 Å². The Labute approximate surface area is 159 Å². The highest BCUT2D eigenvalue weighted by Crippen LogP contribution is 2.16. The maximum absolute atomic E-state index is 12.0. The largest absolute Gasteiger partial charge is 0.351 e. The number of halogens is 1. The van der Waals surface area contributed by atoms with Crippen molar-refractivity contribution in [3.63, 3.8) is 0 Å². The number of anilines is 1. The summed E-state index contributed by atoms with van der Waals surface area (Å²) in [5, 5.41) is 6.77. The van der Waals surface area contributed by atoms with Gasteiger partial charge in [0.1, 0.15) is 0 Å². The summed E-state index contributed by atoms with van der Waals surface area (Å²) in [6.45, 7) is 0.143. The molecule has 2 heterocycles. The number of hydrogen-bond donors (Lipinski definition) is 3. The fraction of sp³-hybridized carbons (Fsp3) is 0.118. The fourth-order valence-electron chi connectivity index (χ4n) is 2.11. The maximum atomic E-state index is 12.0. The van der Waals surface area contributed by atoms with Crippen LogP contribution in [-0.2, 0) is 4.79 Å². The SMILES string of the molecule is O=C(CCNC(=O)c1ccccc1Cl)NNc1nc(-c2ccncc2)no1. The second-order valence-corrected chi connectivity index (χ2v) is 5.73. The van der Waals surface area contributed by atoms with Gasteiger partial charge in [-0.05, 0) is 24.3 Å². The minimum Gasteiger partial charge on any atom is -0.351 e. The summed E-state index contributed by atoms with van der Waals surface area (Å²) in [5.41, 5.74) is 6.02. The molecule has 3 N–H and O–H groups in total. The van der Waals surface area contributed by atoms with Gasteiger partial charge in [0.25, 0.3) is 5.91 Å². The van der Waals surface area contributed by atoms with Gasteiger partial charge in [-0.15, -0.1) is 0 Å². The number of pyridine rings is 1. The fourth-order valence-corrected chi connectivity index (χ4v) is 2.33. The van der Waals surface area contributed by atoms with Crippen LogP contribution in [-0.4, -0.2) is 33.5 Å². The van der Waals surface area contributed by atoms with Crippen molar-refractivity contribution in [2.45, 2.75) is 6.42 Å². The number of rotatable bonds is 7. The summed E-state index contributed by atoms with van der Waals surface area (Å²) in [6, 6.07) is 10.2. The Morgan fingerprint density at radius 2 is 1.89 bits per heavy atom. The number of aromatic nitrogens is 3. The summed E-state index contributed by atoms with van der Waals surface area (Å²) < 4.78 is 4.99. The highest BCUT2D eigenvalue weighted by Gasteiger charge is 2.11. The van der Waals surface area contributed by atoms with Crippen molar-refractivity contribution < 1.29 is 14.1 Å². The Morgan fingerprint density at radius 1 is 1.11 bits per heavy atom. The van der Waals surface area contributed by atoms with E-state index in [1.807, 2.05) is 0 Å². The monoisotopic (exact) mass is 386 g/mol. The number of hydrogen-bond acceptors (Lipinski definition) is 7. The van der Waals surface area contributed by atoms with Gasteiger partial charge < -0.3 is 9.84 Å². The first-order valence-electron chi connectivity index (χ1n) is 7.95. The van der Waals surface area contributed by atoms with Gasteiger partial charge in [-0.3, -0.25) is 20.0 Å². The van der Waals surface area contributed by atoms with Crippen LogP contribution in [0.3, 0.4) is 0 Å². The van der Waals surface area contributed by atoms with Crippen LogP contribution in [0.1, 0.15) is 16.8 Å². The standard InChI is InChI=1S/C17H15ClN6O3/c18-13-4-2-1-3-12(13)16(26)20-10-7-14(25)22-23-17-21-15(24-27-17)11-5-8-19-9-6-11/h1-6,8-9H,7,10H2,(H,20,26)(H,22,25)(H,21,23,24). The molecule has 0 bridgehead atoms. The lowest BCUT2D eigenvalue weighted by atomic mass is 10.2. The van der Waals surface area contributed by atoms with Gasteiger partial charge in [0.05, 0.1) is 10.6 Å². The molecule has 0 saturated carbocycles. The van der Waals surface area contributed by atoms with E-state index in [1.54, 1.807) is 48.8 Å². The second-order valence-electron chi connectivity index (χ2n) is 5.32. The van der Waals surface area contributed by atoms with E-state index >= 15 is 0 Å². The van der Waals surface area contributed by atoms with Crippen LogP contribution in [0, 0.1) is 0 Å². The second kappa shape index (κ2) is 8.77. The van der Waals surface area contributed by atoms with E-state index in [0.29, 0.717) is 16.4 Å². The Hall–Kier alpha value is -3.46. The molecule has 0 atom stereocenters. The van der Waals surface area contributed by atoms with E-state index in [0.717, 1.165) is 5.56 Å². The Bertz CT molecular complexity index is 931. The van der Waals surface area contributed by atoms with E-state index < -0.39 is 0 Å². The molecule has 0 radical (unpaired) electrons. The first-order chi connectivity index (χ1) is 13.1. The van der Waals surface area contributed by atoms with Gasteiger partial charge in [-0.1, -0.05) is 28.9 Å². The number of amides is 2. The van der Waals surface area contributed by atoms with E-state index in [9.17, 15) is 9.59 Å². The van der Waals surface area contributed by atoms with Crippen LogP contribution in [0.15, 0.2) is 53.3 Å². The maximum Gasteiger partial charge on any atom is 0.340 e. The van der Waals surface area contributed by atoms with E-state index in [2.05, 4.69) is 31.3 Å². The molecule has 0 aliphatic carbocycles. The van der Waals surface area contributed by atoms with Crippen LogP contribution in [0.2, 0.25) is 5.02 Å². The van der Waals surface area contributed by atoms with Crippen LogP contribution in [0.4, 0.5) is 6.01 Å². The predicted molar refractivity (Wildman–Crippen MR) is 97.7 cm³/mol. The number of nitrogens with one attached hydrogen (secondary N) is 3. The molecule has 2 amide bonds. The molecule has 0 saturated heterocycles. The van der Waals surface area contributed by atoms with Crippen LogP contribution < -0.4 is 16.2 Å². The van der Waals surface area contributed by atoms with Gasteiger partial charge in [-0.2, -0.15) is 4.98 Å². The van der Waals surface area contributed by atoms with Gasteiger partial charge >= 0.3 is 6.01 Å². The average molecular weight is 387 g/mol. The lowest BCUT2D eigenvalue weighted by Crippen LogP contribution is -2.33. The lowest BCUT2D eigenvalue weighted by Gasteiger charge is -2.07. The van der Waals surface area contributed by atoms with Crippen molar-refractivity contribution in [1.82, 2.24) is 25.9 Å². The zero-order chi connectivity index (χ0) is 19.1. The predicted octanol–water partition coefficient (Wildman–Crippen LogP) is 2.05. The highest BCUT2D eigenvalue weighted by atomic mass is 35.5. The summed E-state index contributed by atoms with van der Waals surface area (Å²) in [4.78, 5) is 31.8. The van der Waals surface area contributed by atoms with E-state index in [1.165, 1.54) is 0 Å². The third-order valence-corrected chi connectivity index (χ3v) is 3.76. The van der Waals surface area contributed by atoms with Gasteiger partial charge in [0, 0.05) is 30.9 Å². The lowest BCUT2D eigenvalue weighted by molar-refractivity contribution is -0.120. The molecule has 10 heteroatoms. The molecule has 9 nitrogen and oxygen atoms in total. The van der Waals surface area contributed by atoms with Crippen molar-refractivity contribution in [3.05, 3.63) is 59.4 Å². The third kappa shape index (κ3) is 5.02. The van der Waals surface area contributed by atoms with Crippen molar-refractivity contribution in [2.24, 2.45) is 0 Å². The van der Waals surface area contributed by atoms with E-state index in [4.69, 9.17) is 16.1 Å². The first-order valence-corrected chi connectivity index (χ1v) is 8.33. The minimum atomic E-state index is -0.363. The topological polar surface area (TPSA) is 122 Å². The molecule has 0 aliphatic heterocycles. The molecule has 138 valence electrons. The molecule has 27 heavy (non-hydrogen) atoms. The number of benzene rings is 1. The highest BCUT2D eigenvalue weighted by molar-refractivity contribution is 6.33. The van der Waals surface area contributed by atoms with Gasteiger partial charge in [-0.25, -0.2) is 5.43 Å². The number of carbonyl (C=O) groups excluding carboxylic acids is 2. The first kappa shape index (κ1) is 18.3. The van der Waals surface area contributed by atoms with Crippen molar-refractivity contribution in [1.29, 1.82) is 0 Å². The van der Waals surface area contributed by atoms with Gasteiger partial charge in [0.15, 0.2) is 0 Å². The molecule has 0 aliphatic rings. The summed E-state index contributed by atoms with van der Waals surface area (Å²) in [7, 11) is 0. The van der Waals surface area contributed by atoms with Crippen molar-refractivity contribution in [2.75, 3.05) is 12.0 Å². The minimum absolute atomic E-state index is 0.0373. The molecule has 3 aromatic rings. The van der Waals surface area contributed by atoms with Gasteiger partial charge in [0.2, 0.25) is 11.7 Å². The molecule has 2 aromatic heterocycles. The molecular formula is C17H15ClN6O3. The summed E-state index contributed by atoms with van der Waals surface area (Å²) in [6.07, 6.45) is 3.27. The van der Waals surface area contributed by atoms with E-state index in [-0.39, 0.29) is 30.8 Å². The number of carbonyl (C=O) groups is 2. The third-order valence-electron chi connectivity index (χ3n) is 3.43. The average Bonchev–Trinajstić information content (AvgIpc) is 3.16. The summed E-state index contributed by atoms with van der Waals surface area (Å²) >= 11 is 5.95. The normalized spacial score (nSPS) is 10.3. The van der Waals surface area contributed by atoms with Crippen LogP contribution >= 0.6 is 11.6 Å². The smallest absolute Gasteiger partial charge is 0.340 e. The summed E-state index contributed by atoms with van der Waals surface area (Å²) in [5.74, 6) is -0.348. The molecular weight excluding hydrogens is 372 g/mol.